The van der Waals surface area contributed by atoms with Gasteiger partial charge in [0.15, 0.2) is 0 Å². The van der Waals surface area contributed by atoms with Crippen LogP contribution in [0.25, 0.3) is 0 Å². The van der Waals surface area contributed by atoms with Gasteiger partial charge in [-0.2, -0.15) is 5.10 Å². The number of benzene rings is 1. The topological polar surface area (TPSA) is 64.2 Å². The maximum atomic E-state index is 12.5. The van der Waals surface area contributed by atoms with Gasteiger partial charge in [0.25, 0.3) is 5.56 Å². The average Bonchev–Trinajstić information content (AvgIpc) is 2.95. The van der Waals surface area contributed by atoms with Crippen LogP contribution < -0.4 is 10.5 Å². The normalized spacial score (nSPS) is 13.8. The monoisotopic (exact) mass is 336 g/mol. The summed E-state index contributed by atoms with van der Waals surface area (Å²) in [7, 11) is 0. The van der Waals surface area contributed by atoms with Crippen molar-refractivity contribution in [3.63, 3.8) is 0 Å². The predicted molar refractivity (Wildman–Crippen MR) is 94.8 cm³/mol. The number of anilines is 1. The van der Waals surface area contributed by atoms with Gasteiger partial charge in [-0.25, -0.2) is 4.68 Å². The number of fused-ring (bicyclic) bond motifs is 1. The van der Waals surface area contributed by atoms with Crippen LogP contribution in [0.15, 0.2) is 45.8 Å². The molecule has 25 heavy (non-hydrogen) atoms. The van der Waals surface area contributed by atoms with E-state index in [9.17, 15) is 4.79 Å². The molecule has 0 amide bonds. The summed E-state index contributed by atoms with van der Waals surface area (Å²) in [6, 6.07) is 10.1. The minimum Gasteiger partial charge on any atom is -0.365 e. The summed E-state index contributed by atoms with van der Waals surface area (Å²) in [6.07, 6.45) is 2.76. The highest BCUT2D eigenvalue weighted by Crippen LogP contribution is 2.23. The molecule has 1 aliphatic rings. The van der Waals surface area contributed by atoms with Crippen molar-refractivity contribution in [3.8, 4) is 0 Å². The van der Waals surface area contributed by atoms with Crippen LogP contribution >= 0.6 is 0 Å². The van der Waals surface area contributed by atoms with Crippen LogP contribution in [0.3, 0.4) is 0 Å². The first kappa shape index (κ1) is 15.6. The average molecular weight is 336 g/mol. The maximum absolute atomic E-state index is 12.5. The fourth-order valence-electron chi connectivity index (χ4n) is 3.31. The highest BCUT2D eigenvalue weighted by Gasteiger charge is 2.17. The van der Waals surface area contributed by atoms with Crippen molar-refractivity contribution in [2.75, 3.05) is 11.4 Å². The van der Waals surface area contributed by atoms with Crippen LogP contribution in [-0.2, 0) is 19.5 Å². The second-order valence-corrected chi connectivity index (χ2v) is 6.45. The van der Waals surface area contributed by atoms with Gasteiger partial charge in [-0.3, -0.25) is 4.79 Å². The van der Waals surface area contributed by atoms with E-state index in [0.717, 1.165) is 42.2 Å². The van der Waals surface area contributed by atoms with Crippen LogP contribution in [0.4, 0.5) is 5.69 Å². The second kappa shape index (κ2) is 6.20. The van der Waals surface area contributed by atoms with Crippen molar-refractivity contribution in [2.24, 2.45) is 0 Å². The van der Waals surface area contributed by atoms with Crippen molar-refractivity contribution in [3.05, 3.63) is 75.0 Å². The number of hydrogen-bond donors (Lipinski definition) is 0. The summed E-state index contributed by atoms with van der Waals surface area (Å²) in [5.41, 5.74) is 5.16. The van der Waals surface area contributed by atoms with Crippen LogP contribution in [-0.4, -0.2) is 21.5 Å². The first-order chi connectivity index (χ1) is 12.1. The van der Waals surface area contributed by atoms with Crippen molar-refractivity contribution in [1.29, 1.82) is 0 Å². The lowest BCUT2D eigenvalue weighted by Gasteiger charge is -2.30. The molecule has 6 heteroatoms. The summed E-state index contributed by atoms with van der Waals surface area (Å²) in [6.45, 7) is 5.80. The molecule has 128 valence electrons. The summed E-state index contributed by atoms with van der Waals surface area (Å²) in [5.74, 6) is 0.725. The Hall–Kier alpha value is -2.89. The van der Waals surface area contributed by atoms with E-state index in [-0.39, 0.29) is 5.56 Å². The molecule has 6 nitrogen and oxygen atoms in total. The Labute approximate surface area is 145 Å². The summed E-state index contributed by atoms with van der Waals surface area (Å²) >= 11 is 0. The SMILES string of the molecule is Cc1noc(C)c1Cn1ncc(N2CCc3ccccc3C2)cc1=O. The minimum absolute atomic E-state index is 0.114. The van der Waals surface area contributed by atoms with Gasteiger partial charge in [0.2, 0.25) is 0 Å². The van der Waals surface area contributed by atoms with Gasteiger partial charge in [-0.05, 0) is 31.4 Å². The lowest BCUT2D eigenvalue weighted by atomic mass is 10.00. The van der Waals surface area contributed by atoms with E-state index >= 15 is 0 Å². The molecule has 0 N–H and O–H groups in total. The maximum Gasteiger partial charge on any atom is 0.269 e. The van der Waals surface area contributed by atoms with E-state index < -0.39 is 0 Å². The number of nitrogens with zero attached hydrogens (tertiary/aromatic N) is 4. The van der Waals surface area contributed by atoms with Crippen molar-refractivity contribution in [2.45, 2.75) is 33.4 Å². The molecule has 0 unspecified atom stereocenters. The van der Waals surface area contributed by atoms with E-state index in [4.69, 9.17) is 4.52 Å². The molecule has 1 aliphatic heterocycles. The van der Waals surface area contributed by atoms with Crippen molar-refractivity contribution < 1.29 is 4.52 Å². The molecule has 0 bridgehead atoms. The third-order valence-corrected chi connectivity index (χ3v) is 4.84. The standard InChI is InChI=1S/C19H20N4O2/c1-13-18(14(2)25-21-13)12-23-19(24)9-17(10-20-23)22-8-7-15-5-3-4-6-16(15)11-22/h3-6,9-10H,7-8,11-12H2,1-2H3. The Morgan fingerprint density at radius 3 is 2.72 bits per heavy atom. The Morgan fingerprint density at radius 1 is 1.20 bits per heavy atom. The molecule has 0 atom stereocenters. The predicted octanol–water partition coefficient (Wildman–Crippen LogP) is 2.46. The van der Waals surface area contributed by atoms with Gasteiger partial charge in [-0.1, -0.05) is 29.4 Å². The van der Waals surface area contributed by atoms with Crippen molar-refractivity contribution in [1.82, 2.24) is 14.9 Å². The molecule has 1 aromatic carbocycles. The van der Waals surface area contributed by atoms with Gasteiger partial charge in [0, 0.05) is 24.7 Å². The number of rotatable bonds is 3. The summed E-state index contributed by atoms with van der Waals surface area (Å²) in [5, 5.41) is 8.29. The van der Waals surface area contributed by atoms with E-state index in [1.807, 2.05) is 13.8 Å². The molecule has 0 fully saturated rings. The third kappa shape index (κ3) is 2.95. The summed E-state index contributed by atoms with van der Waals surface area (Å²) in [4.78, 5) is 14.7. The van der Waals surface area contributed by atoms with Crippen molar-refractivity contribution >= 4 is 5.69 Å². The van der Waals surface area contributed by atoms with Gasteiger partial charge in [0.1, 0.15) is 5.76 Å². The van der Waals surface area contributed by atoms with Gasteiger partial charge < -0.3 is 9.42 Å². The molecule has 3 aromatic rings. The number of aryl methyl sites for hydroxylation is 2. The quantitative estimate of drug-likeness (QED) is 0.735. The largest absolute Gasteiger partial charge is 0.365 e. The molecular formula is C19H20N4O2. The van der Waals surface area contributed by atoms with Crippen LogP contribution in [0.2, 0.25) is 0 Å². The molecule has 0 aliphatic carbocycles. The highest BCUT2D eigenvalue weighted by atomic mass is 16.5. The Morgan fingerprint density at radius 2 is 2.00 bits per heavy atom. The fraction of sp³-hybridized carbons (Fsp3) is 0.316. The number of aromatic nitrogens is 3. The number of hydrogen-bond acceptors (Lipinski definition) is 5. The zero-order valence-corrected chi connectivity index (χ0v) is 14.4. The first-order valence-electron chi connectivity index (χ1n) is 8.42. The molecule has 0 radical (unpaired) electrons. The molecule has 0 spiro atoms. The molecular weight excluding hydrogens is 316 g/mol. The van der Waals surface area contributed by atoms with E-state index in [2.05, 4.69) is 39.4 Å². The second-order valence-electron chi connectivity index (χ2n) is 6.45. The Bertz CT molecular complexity index is 954. The molecule has 0 saturated heterocycles. The van der Waals surface area contributed by atoms with E-state index in [1.54, 1.807) is 12.3 Å². The van der Waals surface area contributed by atoms with Gasteiger partial charge in [-0.15, -0.1) is 0 Å². The molecule has 4 rings (SSSR count). The van der Waals surface area contributed by atoms with Gasteiger partial charge >= 0.3 is 0 Å². The zero-order chi connectivity index (χ0) is 17.4. The molecule has 2 aromatic heterocycles. The van der Waals surface area contributed by atoms with Crippen LogP contribution in [0, 0.1) is 13.8 Å². The lowest BCUT2D eigenvalue weighted by molar-refractivity contribution is 0.391. The third-order valence-electron chi connectivity index (χ3n) is 4.84. The van der Waals surface area contributed by atoms with Crippen LogP contribution in [0.5, 0.6) is 0 Å². The van der Waals surface area contributed by atoms with E-state index in [1.165, 1.54) is 15.8 Å². The minimum atomic E-state index is -0.114. The smallest absolute Gasteiger partial charge is 0.269 e. The lowest BCUT2D eigenvalue weighted by Crippen LogP contribution is -2.32. The summed E-state index contributed by atoms with van der Waals surface area (Å²) < 4.78 is 6.61. The molecule has 3 heterocycles. The van der Waals surface area contributed by atoms with Gasteiger partial charge in [0.05, 0.1) is 24.1 Å². The van der Waals surface area contributed by atoms with E-state index in [0.29, 0.717) is 6.54 Å². The molecule has 0 saturated carbocycles. The fourth-order valence-corrected chi connectivity index (χ4v) is 3.31. The first-order valence-corrected chi connectivity index (χ1v) is 8.42. The van der Waals surface area contributed by atoms with Crippen LogP contribution in [0.1, 0.15) is 28.1 Å². The highest BCUT2D eigenvalue weighted by molar-refractivity contribution is 5.47. The Balaban J connectivity index is 1.58. The Kier molecular flexibility index (Phi) is 3.87. The zero-order valence-electron chi connectivity index (χ0n) is 14.4.